The number of hydrogen-bond acceptors (Lipinski definition) is 5. The maximum absolute atomic E-state index is 12.6. The zero-order valence-electron chi connectivity index (χ0n) is 12.6. The molecule has 0 spiro atoms. The lowest BCUT2D eigenvalue weighted by atomic mass is 10.2. The SMILES string of the molecule is Cc1ccc2nc(NC(=O)c3c(C)nn4cccnc34)sc2c1. The third kappa shape index (κ3) is 2.35. The Morgan fingerprint density at radius 1 is 1.30 bits per heavy atom. The second kappa shape index (κ2) is 5.13. The van der Waals surface area contributed by atoms with Gasteiger partial charge in [0.15, 0.2) is 10.8 Å². The normalized spacial score (nSPS) is 11.2. The third-order valence-corrected chi connectivity index (χ3v) is 4.50. The number of aryl methyl sites for hydroxylation is 2. The smallest absolute Gasteiger partial charge is 0.263 e. The monoisotopic (exact) mass is 323 g/mol. The zero-order valence-corrected chi connectivity index (χ0v) is 13.4. The molecule has 0 saturated carbocycles. The van der Waals surface area contributed by atoms with Crippen LogP contribution in [0.5, 0.6) is 0 Å². The van der Waals surface area contributed by atoms with Crippen molar-refractivity contribution in [2.24, 2.45) is 0 Å². The van der Waals surface area contributed by atoms with Crippen LogP contribution in [0.4, 0.5) is 5.13 Å². The quantitative estimate of drug-likeness (QED) is 0.615. The first-order chi connectivity index (χ1) is 11.1. The standard InChI is InChI=1S/C16H13N5OS/c1-9-4-5-11-12(8-9)23-16(18-11)19-15(22)13-10(2)20-21-7-3-6-17-14(13)21/h3-8H,1-2H3,(H,18,19,22). The van der Waals surface area contributed by atoms with E-state index in [0.29, 0.717) is 22.0 Å². The number of benzene rings is 1. The van der Waals surface area contributed by atoms with E-state index in [1.54, 1.807) is 29.9 Å². The predicted molar refractivity (Wildman–Crippen MR) is 90.0 cm³/mol. The Hall–Kier alpha value is -2.80. The van der Waals surface area contributed by atoms with Crippen molar-refractivity contribution in [3.8, 4) is 0 Å². The number of anilines is 1. The maximum atomic E-state index is 12.6. The van der Waals surface area contributed by atoms with Crippen molar-refractivity contribution >= 4 is 38.2 Å². The summed E-state index contributed by atoms with van der Waals surface area (Å²) in [6, 6.07) is 7.80. The summed E-state index contributed by atoms with van der Waals surface area (Å²) in [5.74, 6) is -0.244. The number of thiazole rings is 1. The Kier molecular flexibility index (Phi) is 3.09. The fourth-order valence-electron chi connectivity index (χ4n) is 2.51. The number of rotatable bonds is 2. The minimum atomic E-state index is -0.244. The van der Waals surface area contributed by atoms with Crippen LogP contribution < -0.4 is 5.32 Å². The Balaban J connectivity index is 1.72. The van der Waals surface area contributed by atoms with Crippen LogP contribution in [0.1, 0.15) is 21.6 Å². The van der Waals surface area contributed by atoms with E-state index in [4.69, 9.17) is 0 Å². The van der Waals surface area contributed by atoms with E-state index in [1.807, 2.05) is 19.1 Å². The van der Waals surface area contributed by atoms with Crippen molar-refractivity contribution < 1.29 is 4.79 Å². The Bertz CT molecular complexity index is 1050. The molecule has 4 aromatic rings. The topological polar surface area (TPSA) is 72.2 Å². The van der Waals surface area contributed by atoms with Gasteiger partial charge >= 0.3 is 0 Å². The van der Waals surface area contributed by atoms with Gasteiger partial charge in [-0.15, -0.1) is 0 Å². The van der Waals surface area contributed by atoms with Crippen LogP contribution in [0.3, 0.4) is 0 Å². The van der Waals surface area contributed by atoms with Crippen molar-refractivity contribution in [2.45, 2.75) is 13.8 Å². The molecule has 3 aromatic heterocycles. The van der Waals surface area contributed by atoms with Gasteiger partial charge < -0.3 is 0 Å². The average molecular weight is 323 g/mol. The lowest BCUT2D eigenvalue weighted by molar-refractivity contribution is 0.102. The molecule has 0 unspecified atom stereocenters. The van der Waals surface area contributed by atoms with Crippen molar-refractivity contribution in [1.29, 1.82) is 0 Å². The molecule has 0 saturated heterocycles. The molecule has 0 aliphatic heterocycles. The van der Waals surface area contributed by atoms with Gasteiger partial charge in [0.1, 0.15) is 5.56 Å². The Labute approximate surface area is 135 Å². The number of hydrogen-bond donors (Lipinski definition) is 1. The molecule has 0 bridgehead atoms. The third-order valence-electron chi connectivity index (χ3n) is 3.56. The molecule has 7 heteroatoms. The van der Waals surface area contributed by atoms with Crippen molar-refractivity contribution in [2.75, 3.05) is 5.32 Å². The van der Waals surface area contributed by atoms with E-state index in [-0.39, 0.29) is 5.91 Å². The molecule has 114 valence electrons. The molecule has 0 radical (unpaired) electrons. The number of nitrogens with one attached hydrogen (secondary N) is 1. The van der Waals surface area contributed by atoms with E-state index in [0.717, 1.165) is 10.2 Å². The summed E-state index contributed by atoms with van der Waals surface area (Å²) in [6.45, 7) is 3.83. The van der Waals surface area contributed by atoms with Gasteiger partial charge in [-0.05, 0) is 37.6 Å². The summed E-state index contributed by atoms with van der Waals surface area (Å²) in [6.07, 6.45) is 3.42. The first-order valence-corrected chi connectivity index (χ1v) is 7.92. The molecule has 0 fully saturated rings. The number of aromatic nitrogens is 4. The molecule has 6 nitrogen and oxygen atoms in total. The number of carbonyl (C=O) groups is 1. The molecule has 4 rings (SSSR count). The molecule has 0 aliphatic rings. The summed E-state index contributed by atoms with van der Waals surface area (Å²) in [7, 11) is 0. The second-order valence-corrected chi connectivity index (χ2v) is 6.32. The summed E-state index contributed by atoms with van der Waals surface area (Å²) in [5.41, 5.74) is 3.70. The molecule has 0 atom stereocenters. The Morgan fingerprint density at radius 2 is 2.17 bits per heavy atom. The Morgan fingerprint density at radius 3 is 3.04 bits per heavy atom. The van der Waals surface area contributed by atoms with Gasteiger partial charge in [0.05, 0.1) is 15.9 Å². The molecule has 1 aromatic carbocycles. The van der Waals surface area contributed by atoms with Gasteiger partial charge in [-0.1, -0.05) is 17.4 Å². The molecule has 3 heterocycles. The fourth-order valence-corrected chi connectivity index (χ4v) is 3.47. The van der Waals surface area contributed by atoms with Gasteiger partial charge in [0, 0.05) is 12.4 Å². The largest absolute Gasteiger partial charge is 0.298 e. The highest BCUT2D eigenvalue weighted by Gasteiger charge is 2.19. The highest BCUT2D eigenvalue weighted by atomic mass is 32.1. The van der Waals surface area contributed by atoms with Crippen LogP contribution in [-0.4, -0.2) is 25.5 Å². The van der Waals surface area contributed by atoms with Crippen LogP contribution in [0.25, 0.3) is 15.9 Å². The van der Waals surface area contributed by atoms with E-state index in [9.17, 15) is 4.79 Å². The van der Waals surface area contributed by atoms with Crippen LogP contribution >= 0.6 is 11.3 Å². The second-order valence-electron chi connectivity index (χ2n) is 5.29. The summed E-state index contributed by atoms with van der Waals surface area (Å²) in [5, 5.41) is 7.74. The van der Waals surface area contributed by atoms with Crippen molar-refractivity contribution in [3.05, 3.63) is 53.5 Å². The zero-order chi connectivity index (χ0) is 16.0. The molecule has 23 heavy (non-hydrogen) atoms. The van der Waals surface area contributed by atoms with Gasteiger partial charge in [0.2, 0.25) is 0 Å². The molecule has 1 N–H and O–H groups in total. The van der Waals surface area contributed by atoms with Crippen LogP contribution in [0.15, 0.2) is 36.7 Å². The molecule has 1 amide bonds. The van der Waals surface area contributed by atoms with E-state index < -0.39 is 0 Å². The van der Waals surface area contributed by atoms with Gasteiger partial charge in [-0.2, -0.15) is 5.10 Å². The summed E-state index contributed by atoms with van der Waals surface area (Å²) < 4.78 is 2.65. The number of fused-ring (bicyclic) bond motifs is 2. The molecular weight excluding hydrogens is 310 g/mol. The highest BCUT2D eigenvalue weighted by molar-refractivity contribution is 7.22. The fraction of sp³-hybridized carbons (Fsp3) is 0.125. The van der Waals surface area contributed by atoms with E-state index in [1.165, 1.54) is 16.9 Å². The van der Waals surface area contributed by atoms with E-state index >= 15 is 0 Å². The lowest BCUT2D eigenvalue weighted by Crippen LogP contribution is -2.13. The summed E-state index contributed by atoms with van der Waals surface area (Å²) in [4.78, 5) is 21.3. The van der Waals surface area contributed by atoms with Gasteiger partial charge in [-0.3, -0.25) is 10.1 Å². The first-order valence-electron chi connectivity index (χ1n) is 7.10. The van der Waals surface area contributed by atoms with E-state index in [2.05, 4.69) is 26.4 Å². The van der Waals surface area contributed by atoms with Gasteiger partial charge in [0.25, 0.3) is 5.91 Å². The number of nitrogens with zero attached hydrogens (tertiary/aromatic N) is 4. The number of amides is 1. The molecule has 0 aliphatic carbocycles. The average Bonchev–Trinajstić information content (AvgIpc) is 3.05. The maximum Gasteiger partial charge on any atom is 0.263 e. The minimum absolute atomic E-state index is 0.244. The number of carbonyl (C=O) groups excluding carboxylic acids is 1. The highest BCUT2D eigenvalue weighted by Crippen LogP contribution is 2.27. The van der Waals surface area contributed by atoms with Crippen LogP contribution in [0, 0.1) is 13.8 Å². The minimum Gasteiger partial charge on any atom is -0.298 e. The predicted octanol–water partition coefficient (Wildman–Crippen LogP) is 3.21. The van der Waals surface area contributed by atoms with Crippen LogP contribution in [0.2, 0.25) is 0 Å². The molecular formula is C16H13N5OS. The lowest BCUT2D eigenvalue weighted by Gasteiger charge is -2.00. The van der Waals surface area contributed by atoms with Crippen molar-refractivity contribution in [1.82, 2.24) is 19.6 Å². The van der Waals surface area contributed by atoms with Gasteiger partial charge in [-0.25, -0.2) is 14.5 Å². The first kappa shape index (κ1) is 13.8. The van der Waals surface area contributed by atoms with Crippen molar-refractivity contribution in [3.63, 3.8) is 0 Å². The summed E-state index contributed by atoms with van der Waals surface area (Å²) >= 11 is 1.46. The van der Waals surface area contributed by atoms with Crippen LogP contribution in [-0.2, 0) is 0 Å².